The number of hydrazine groups is 1. The van der Waals surface area contributed by atoms with E-state index in [1.807, 2.05) is 6.07 Å². The number of nitrogens with one attached hydrogen (secondary N) is 1. The highest BCUT2D eigenvalue weighted by molar-refractivity contribution is 6.31. The number of phenolic OH excluding ortho intramolecular Hbond substituents is 1. The highest BCUT2D eigenvalue weighted by atomic mass is 16.5. The van der Waals surface area contributed by atoms with Gasteiger partial charge < -0.3 is 9.84 Å². The SMILES string of the molecule is COc1ccc(/C=C2\C(=O)NN(c3ccccc3)C2=O)cc1O. The van der Waals surface area contributed by atoms with Gasteiger partial charge in [-0.1, -0.05) is 24.3 Å². The zero-order valence-electron chi connectivity index (χ0n) is 12.3. The Kier molecular flexibility index (Phi) is 3.72. The zero-order chi connectivity index (χ0) is 16.4. The van der Waals surface area contributed by atoms with Gasteiger partial charge in [0.25, 0.3) is 11.8 Å². The summed E-state index contributed by atoms with van der Waals surface area (Å²) >= 11 is 0. The molecule has 2 aromatic rings. The fraction of sp³-hybridized carbons (Fsp3) is 0.0588. The third-order valence-corrected chi connectivity index (χ3v) is 3.42. The Morgan fingerprint density at radius 1 is 1.13 bits per heavy atom. The molecule has 0 bridgehead atoms. The lowest BCUT2D eigenvalue weighted by Crippen LogP contribution is -2.35. The van der Waals surface area contributed by atoms with Gasteiger partial charge in [-0.25, -0.2) is 5.01 Å². The largest absolute Gasteiger partial charge is 0.504 e. The molecule has 0 aromatic heterocycles. The topological polar surface area (TPSA) is 78.9 Å². The second-order valence-corrected chi connectivity index (χ2v) is 4.91. The van der Waals surface area contributed by atoms with Crippen LogP contribution in [0.15, 0.2) is 54.1 Å². The minimum Gasteiger partial charge on any atom is -0.504 e. The Morgan fingerprint density at radius 2 is 1.87 bits per heavy atom. The predicted octanol–water partition coefficient (Wildman–Crippen LogP) is 1.86. The number of methoxy groups -OCH3 is 1. The molecule has 1 saturated heterocycles. The van der Waals surface area contributed by atoms with Gasteiger partial charge in [0, 0.05) is 0 Å². The monoisotopic (exact) mass is 310 g/mol. The average Bonchev–Trinajstić information content (AvgIpc) is 2.84. The van der Waals surface area contributed by atoms with Crippen molar-refractivity contribution in [1.82, 2.24) is 5.43 Å². The molecule has 116 valence electrons. The minimum atomic E-state index is -0.492. The highest BCUT2D eigenvalue weighted by Crippen LogP contribution is 2.28. The molecule has 0 spiro atoms. The van der Waals surface area contributed by atoms with Gasteiger partial charge in [0.15, 0.2) is 11.5 Å². The molecule has 1 heterocycles. The molecule has 6 nitrogen and oxygen atoms in total. The van der Waals surface area contributed by atoms with Gasteiger partial charge in [-0.3, -0.25) is 15.0 Å². The van der Waals surface area contributed by atoms with Crippen LogP contribution in [0.3, 0.4) is 0 Å². The normalized spacial score (nSPS) is 15.9. The molecule has 1 aliphatic rings. The quantitative estimate of drug-likeness (QED) is 0.670. The van der Waals surface area contributed by atoms with Crippen LogP contribution < -0.4 is 15.2 Å². The number of ether oxygens (including phenoxy) is 1. The molecule has 1 aliphatic heterocycles. The summed E-state index contributed by atoms with van der Waals surface area (Å²) in [7, 11) is 1.44. The van der Waals surface area contributed by atoms with Crippen LogP contribution >= 0.6 is 0 Å². The Hall–Kier alpha value is -3.28. The molecule has 3 rings (SSSR count). The summed E-state index contributed by atoms with van der Waals surface area (Å²) < 4.78 is 4.96. The standard InChI is InChI=1S/C17H14N2O4/c1-23-15-8-7-11(10-14(15)20)9-13-16(21)18-19(17(13)22)12-5-3-2-4-6-12/h2-10,20H,1H3,(H,18,21)/b13-9+. The number of phenols is 1. The van der Waals surface area contributed by atoms with Crippen molar-refractivity contribution in [2.75, 3.05) is 12.1 Å². The number of para-hydroxylation sites is 1. The van der Waals surface area contributed by atoms with E-state index in [9.17, 15) is 14.7 Å². The van der Waals surface area contributed by atoms with Crippen molar-refractivity contribution in [3.63, 3.8) is 0 Å². The van der Waals surface area contributed by atoms with E-state index < -0.39 is 11.8 Å². The molecular weight excluding hydrogens is 296 g/mol. The van der Waals surface area contributed by atoms with Gasteiger partial charge in [-0.05, 0) is 35.9 Å². The van der Waals surface area contributed by atoms with Crippen LogP contribution in [0.5, 0.6) is 11.5 Å². The Labute approximate surface area is 132 Å². The fourth-order valence-corrected chi connectivity index (χ4v) is 2.28. The predicted molar refractivity (Wildman–Crippen MR) is 84.7 cm³/mol. The van der Waals surface area contributed by atoms with E-state index in [0.717, 1.165) is 0 Å². The van der Waals surface area contributed by atoms with Crippen molar-refractivity contribution >= 4 is 23.6 Å². The molecule has 23 heavy (non-hydrogen) atoms. The molecule has 6 heteroatoms. The van der Waals surface area contributed by atoms with Crippen LogP contribution in [0.2, 0.25) is 0 Å². The molecule has 2 N–H and O–H groups in total. The van der Waals surface area contributed by atoms with Gasteiger partial charge in [-0.2, -0.15) is 0 Å². The van der Waals surface area contributed by atoms with Crippen LogP contribution in [-0.2, 0) is 9.59 Å². The lowest BCUT2D eigenvalue weighted by Gasteiger charge is -2.13. The van der Waals surface area contributed by atoms with Gasteiger partial charge in [-0.15, -0.1) is 0 Å². The van der Waals surface area contributed by atoms with Gasteiger partial charge in [0.2, 0.25) is 0 Å². The van der Waals surface area contributed by atoms with E-state index >= 15 is 0 Å². The summed E-state index contributed by atoms with van der Waals surface area (Å²) in [4.78, 5) is 24.5. The van der Waals surface area contributed by atoms with Crippen molar-refractivity contribution in [1.29, 1.82) is 0 Å². The van der Waals surface area contributed by atoms with Crippen molar-refractivity contribution in [2.24, 2.45) is 0 Å². The Balaban J connectivity index is 1.92. The first kappa shape index (κ1) is 14.6. The van der Waals surface area contributed by atoms with E-state index in [-0.39, 0.29) is 11.3 Å². The number of aromatic hydroxyl groups is 1. The summed E-state index contributed by atoms with van der Waals surface area (Å²) in [5, 5.41) is 11.0. The van der Waals surface area contributed by atoms with Gasteiger partial charge in [0.1, 0.15) is 5.57 Å². The molecular formula is C17H14N2O4. The maximum Gasteiger partial charge on any atom is 0.282 e. The minimum absolute atomic E-state index is 0.00146. The summed E-state index contributed by atoms with van der Waals surface area (Å²) in [6.07, 6.45) is 1.43. The first-order valence-corrected chi connectivity index (χ1v) is 6.89. The maximum absolute atomic E-state index is 12.4. The second kappa shape index (κ2) is 5.84. The van der Waals surface area contributed by atoms with Crippen molar-refractivity contribution < 1.29 is 19.4 Å². The number of nitrogens with zero attached hydrogens (tertiary/aromatic N) is 1. The lowest BCUT2D eigenvalue weighted by molar-refractivity contribution is -0.117. The first-order chi connectivity index (χ1) is 11.1. The maximum atomic E-state index is 12.4. The summed E-state index contributed by atoms with van der Waals surface area (Å²) in [5.41, 5.74) is 3.62. The van der Waals surface area contributed by atoms with Crippen molar-refractivity contribution in [3.8, 4) is 11.5 Å². The van der Waals surface area contributed by atoms with Gasteiger partial charge in [0.05, 0.1) is 12.8 Å². The van der Waals surface area contributed by atoms with E-state index in [0.29, 0.717) is 17.0 Å². The number of benzene rings is 2. The highest BCUT2D eigenvalue weighted by Gasteiger charge is 2.34. The number of carbonyl (C=O) groups is 2. The molecule has 0 saturated carbocycles. The number of carbonyl (C=O) groups excluding carboxylic acids is 2. The third kappa shape index (κ3) is 2.74. The molecule has 0 radical (unpaired) electrons. The van der Waals surface area contributed by atoms with Crippen molar-refractivity contribution in [3.05, 3.63) is 59.7 Å². The van der Waals surface area contributed by atoms with E-state index in [2.05, 4.69) is 5.43 Å². The third-order valence-electron chi connectivity index (χ3n) is 3.42. The number of rotatable bonds is 3. The first-order valence-electron chi connectivity index (χ1n) is 6.89. The van der Waals surface area contributed by atoms with Crippen LogP contribution in [-0.4, -0.2) is 24.0 Å². The smallest absolute Gasteiger partial charge is 0.282 e. The number of hydrogen-bond acceptors (Lipinski definition) is 4. The number of amides is 2. The molecule has 1 fully saturated rings. The molecule has 0 aliphatic carbocycles. The van der Waals surface area contributed by atoms with Crippen LogP contribution in [0.4, 0.5) is 5.69 Å². The number of hydrogen-bond donors (Lipinski definition) is 2. The second-order valence-electron chi connectivity index (χ2n) is 4.91. The van der Waals surface area contributed by atoms with Crippen LogP contribution in [0, 0.1) is 0 Å². The van der Waals surface area contributed by atoms with E-state index in [1.165, 1.54) is 24.3 Å². The lowest BCUT2D eigenvalue weighted by atomic mass is 10.1. The molecule has 0 atom stereocenters. The molecule has 2 amide bonds. The average molecular weight is 310 g/mol. The van der Waals surface area contributed by atoms with Crippen LogP contribution in [0.1, 0.15) is 5.56 Å². The number of anilines is 1. The summed E-state index contributed by atoms with van der Waals surface area (Å²) in [6, 6.07) is 13.5. The fourth-order valence-electron chi connectivity index (χ4n) is 2.28. The Morgan fingerprint density at radius 3 is 2.52 bits per heavy atom. The van der Waals surface area contributed by atoms with Crippen molar-refractivity contribution in [2.45, 2.75) is 0 Å². The van der Waals surface area contributed by atoms with Crippen LogP contribution in [0.25, 0.3) is 6.08 Å². The zero-order valence-corrected chi connectivity index (χ0v) is 12.3. The molecule has 0 unspecified atom stereocenters. The molecule has 2 aromatic carbocycles. The Bertz CT molecular complexity index is 799. The van der Waals surface area contributed by atoms with Gasteiger partial charge >= 0.3 is 0 Å². The van der Waals surface area contributed by atoms with E-state index in [1.54, 1.807) is 36.4 Å². The summed E-state index contributed by atoms with van der Waals surface area (Å²) in [5.74, 6) is -0.682. The van der Waals surface area contributed by atoms with E-state index in [4.69, 9.17) is 4.74 Å². The summed E-state index contributed by atoms with van der Waals surface area (Å²) in [6.45, 7) is 0.